The molecule has 3 heterocycles. The van der Waals surface area contributed by atoms with Crippen LogP contribution in [0, 0.1) is 5.92 Å². The SMILES string of the molecule is O=C1CC(C=Cc2ccccc2)Cc2nc(N3CCN(C(=O)c4ccco4)CC3)ncc21. The first-order valence-corrected chi connectivity index (χ1v) is 10.9. The molecule has 1 atom stereocenters. The molecule has 162 valence electrons. The predicted molar refractivity (Wildman–Crippen MR) is 120 cm³/mol. The predicted octanol–water partition coefficient (Wildman–Crippen LogP) is 3.49. The number of hydrogen-bond donors (Lipinski definition) is 0. The number of Topliss-reactive ketones (excluding diaryl/α,β-unsaturated/α-hetero) is 1. The van der Waals surface area contributed by atoms with Crippen LogP contribution in [0.25, 0.3) is 6.08 Å². The Balaban J connectivity index is 1.26. The quantitative estimate of drug-likeness (QED) is 0.633. The lowest BCUT2D eigenvalue weighted by molar-refractivity contribution is 0.0714. The van der Waals surface area contributed by atoms with Gasteiger partial charge in [-0.3, -0.25) is 9.59 Å². The Hall–Kier alpha value is -3.74. The van der Waals surface area contributed by atoms with Gasteiger partial charge in [-0.1, -0.05) is 42.5 Å². The van der Waals surface area contributed by atoms with Crippen LogP contribution in [0.4, 0.5) is 5.95 Å². The minimum absolute atomic E-state index is 0.0920. The normalized spacial score (nSPS) is 18.8. The number of carbonyl (C=O) groups excluding carboxylic acids is 2. The Morgan fingerprint density at radius 1 is 1.03 bits per heavy atom. The lowest BCUT2D eigenvalue weighted by atomic mass is 9.86. The molecule has 1 aliphatic heterocycles. The topological polar surface area (TPSA) is 79.5 Å². The fourth-order valence-electron chi connectivity index (χ4n) is 4.23. The maximum atomic E-state index is 12.6. The fraction of sp³-hybridized carbons (Fsp3) is 0.280. The molecule has 0 saturated carbocycles. The molecule has 1 fully saturated rings. The maximum Gasteiger partial charge on any atom is 0.289 e. The maximum absolute atomic E-state index is 12.6. The first-order chi connectivity index (χ1) is 15.7. The fourth-order valence-corrected chi connectivity index (χ4v) is 4.23. The molecule has 0 bridgehead atoms. The van der Waals surface area contributed by atoms with Crippen molar-refractivity contribution >= 4 is 23.7 Å². The molecule has 0 spiro atoms. The van der Waals surface area contributed by atoms with E-state index in [0.717, 1.165) is 17.7 Å². The largest absolute Gasteiger partial charge is 0.459 e. The third kappa shape index (κ3) is 4.19. The highest BCUT2D eigenvalue weighted by atomic mass is 16.3. The molecule has 1 amide bonds. The molecule has 1 unspecified atom stereocenters. The molecule has 0 radical (unpaired) electrons. The van der Waals surface area contributed by atoms with Gasteiger partial charge in [0.15, 0.2) is 11.5 Å². The molecule has 32 heavy (non-hydrogen) atoms. The molecular formula is C25H24N4O3. The Labute approximate surface area is 186 Å². The summed E-state index contributed by atoms with van der Waals surface area (Å²) in [4.78, 5) is 38.2. The van der Waals surface area contributed by atoms with E-state index in [-0.39, 0.29) is 17.6 Å². The second-order valence-electron chi connectivity index (χ2n) is 8.15. The monoisotopic (exact) mass is 428 g/mol. The molecule has 3 aromatic rings. The van der Waals surface area contributed by atoms with Gasteiger partial charge < -0.3 is 14.2 Å². The smallest absolute Gasteiger partial charge is 0.289 e. The van der Waals surface area contributed by atoms with E-state index in [9.17, 15) is 9.59 Å². The summed E-state index contributed by atoms with van der Waals surface area (Å²) in [5.74, 6) is 1.10. The summed E-state index contributed by atoms with van der Waals surface area (Å²) < 4.78 is 5.22. The van der Waals surface area contributed by atoms with Crippen molar-refractivity contribution in [1.29, 1.82) is 0 Å². The molecule has 1 aromatic carbocycles. The van der Waals surface area contributed by atoms with Crippen molar-refractivity contribution < 1.29 is 14.0 Å². The number of nitrogens with zero attached hydrogens (tertiary/aromatic N) is 4. The van der Waals surface area contributed by atoms with Crippen molar-refractivity contribution in [3.05, 3.63) is 83.6 Å². The first-order valence-electron chi connectivity index (χ1n) is 10.9. The van der Waals surface area contributed by atoms with Crippen molar-refractivity contribution in [3.8, 4) is 0 Å². The number of aromatic nitrogens is 2. The van der Waals surface area contributed by atoms with Gasteiger partial charge >= 0.3 is 0 Å². The summed E-state index contributed by atoms with van der Waals surface area (Å²) in [5, 5.41) is 0. The Morgan fingerprint density at radius 3 is 2.59 bits per heavy atom. The lowest BCUT2D eigenvalue weighted by Crippen LogP contribution is -2.49. The average molecular weight is 428 g/mol. The van der Waals surface area contributed by atoms with Crippen LogP contribution in [0.2, 0.25) is 0 Å². The number of rotatable bonds is 4. The van der Waals surface area contributed by atoms with Crippen LogP contribution in [0.1, 0.15) is 38.6 Å². The molecule has 7 heteroatoms. The summed E-state index contributed by atoms with van der Waals surface area (Å²) in [5.41, 5.74) is 2.56. The van der Waals surface area contributed by atoms with Crippen LogP contribution < -0.4 is 4.90 Å². The van der Waals surface area contributed by atoms with Crippen molar-refractivity contribution in [2.75, 3.05) is 31.1 Å². The van der Waals surface area contributed by atoms with Crippen molar-refractivity contribution in [2.24, 2.45) is 5.92 Å². The minimum atomic E-state index is -0.0975. The van der Waals surface area contributed by atoms with Crippen LogP contribution in [-0.2, 0) is 6.42 Å². The van der Waals surface area contributed by atoms with E-state index in [2.05, 4.69) is 22.0 Å². The van der Waals surface area contributed by atoms with E-state index in [1.165, 1.54) is 6.26 Å². The minimum Gasteiger partial charge on any atom is -0.459 e. The van der Waals surface area contributed by atoms with Gasteiger partial charge in [0.2, 0.25) is 5.95 Å². The standard InChI is InChI=1S/C25H24N4O3/c30-22-16-19(9-8-18-5-2-1-3-6-18)15-21-20(22)17-26-25(27-21)29-12-10-28(11-13-29)24(31)23-7-4-14-32-23/h1-9,14,17,19H,10-13,15-16H2. The zero-order valence-corrected chi connectivity index (χ0v) is 17.7. The molecule has 2 aromatic heterocycles. The first kappa shape index (κ1) is 20.2. The zero-order valence-electron chi connectivity index (χ0n) is 17.7. The third-order valence-corrected chi connectivity index (χ3v) is 6.00. The lowest BCUT2D eigenvalue weighted by Gasteiger charge is -2.34. The molecule has 7 nitrogen and oxygen atoms in total. The number of allylic oxidation sites excluding steroid dienone is 1. The Morgan fingerprint density at radius 2 is 1.84 bits per heavy atom. The van der Waals surface area contributed by atoms with Crippen LogP contribution in [0.15, 0.2) is 65.4 Å². The van der Waals surface area contributed by atoms with Gasteiger partial charge in [0.1, 0.15) is 0 Å². The number of piperazine rings is 1. The van der Waals surface area contributed by atoms with Crippen molar-refractivity contribution in [2.45, 2.75) is 12.8 Å². The number of hydrogen-bond acceptors (Lipinski definition) is 6. The van der Waals surface area contributed by atoms with E-state index in [1.54, 1.807) is 23.2 Å². The number of benzene rings is 1. The summed E-state index contributed by atoms with van der Waals surface area (Å²) in [6, 6.07) is 13.5. The summed E-state index contributed by atoms with van der Waals surface area (Å²) in [6.07, 6.45) is 8.55. The Bertz CT molecular complexity index is 1130. The van der Waals surface area contributed by atoms with Crippen LogP contribution in [0.5, 0.6) is 0 Å². The van der Waals surface area contributed by atoms with E-state index >= 15 is 0 Å². The second-order valence-corrected chi connectivity index (χ2v) is 8.15. The van der Waals surface area contributed by atoms with E-state index in [0.29, 0.717) is 49.9 Å². The molecule has 0 N–H and O–H groups in total. The Kier molecular flexibility index (Phi) is 5.54. The molecule has 2 aliphatic rings. The molecule has 5 rings (SSSR count). The van der Waals surface area contributed by atoms with E-state index < -0.39 is 0 Å². The number of fused-ring (bicyclic) bond motifs is 1. The van der Waals surface area contributed by atoms with Gasteiger partial charge in [-0.25, -0.2) is 9.97 Å². The van der Waals surface area contributed by atoms with Gasteiger partial charge in [-0.05, 0) is 30.0 Å². The van der Waals surface area contributed by atoms with Crippen molar-refractivity contribution in [3.63, 3.8) is 0 Å². The summed E-state index contributed by atoms with van der Waals surface area (Å²) in [7, 11) is 0. The third-order valence-electron chi connectivity index (χ3n) is 6.00. The molecule has 1 saturated heterocycles. The number of furan rings is 1. The van der Waals surface area contributed by atoms with Crippen LogP contribution in [0.3, 0.4) is 0 Å². The van der Waals surface area contributed by atoms with Crippen LogP contribution >= 0.6 is 0 Å². The van der Waals surface area contributed by atoms with Gasteiger partial charge in [0.25, 0.3) is 5.91 Å². The highest BCUT2D eigenvalue weighted by Gasteiger charge is 2.28. The summed E-state index contributed by atoms with van der Waals surface area (Å²) >= 11 is 0. The van der Waals surface area contributed by atoms with E-state index in [1.807, 2.05) is 30.3 Å². The summed E-state index contributed by atoms with van der Waals surface area (Å²) in [6.45, 7) is 2.41. The van der Waals surface area contributed by atoms with Crippen molar-refractivity contribution in [1.82, 2.24) is 14.9 Å². The zero-order chi connectivity index (χ0) is 21.9. The number of carbonyl (C=O) groups is 2. The van der Waals surface area contributed by atoms with Gasteiger partial charge in [-0.2, -0.15) is 0 Å². The van der Waals surface area contributed by atoms with E-state index in [4.69, 9.17) is 9.40 Å². The van der Waals surface area contributed by atoms with Gasteiger partial charge in [0, 0.05) is 38.8 Å². The highest BCUT2D eigenvalue weighted by molar-refractivity contribution is 5.98. The molecule has 1 aliphatic carbocycles. The number of ketones is 1. The number of amides is 1. The average Bonchev–Trinajstić information content (AvgIpc) is 3.38. The highest BCUT2D eigenvalue weighted by Crippen LogP contribution is 2.27. The molecular weight excluding hydrogens is 404 g/mol. The van der Waals surface area contributed by atoms with Gasteiger partial charge in [0.05, 0.1) is 17.5 Å². The number of anilines is 1. The van der Waals surface area contributed by atoms with Crippen LogP contribution in [-0.4, -0.2) is 52.7 Å². The van der Waals surface area contributed by atoms with Gasteiger partial charge in [-0.15, -0.1) is 0 Å². The second kappa shape index (κ2) is 8.78.